The third-order valence-electron chi connectivity index (χ3n) is 4.41. The SMILES string of the molecule is COC(=O)c1ccc(C(=O)Nc2ccccc2OCCCc2ccccc2)cc1. The molecule has 5 heteroatoms. The highest BCUT2D eigenvalue weighted by atomic mass is 16.5. The Morgan fingerprint density at radius 1 is 0.828 bits per heavy atom. The maximum atomic E-state index is 12.5. The number of hydrogen-bond donors (Lipinski definition) is 1. The van der Waals surface area contributed by atoms with Gasteiger partial charge < -0.3 is 14.8 Å². The van der Waals surface area contributed by atoms with Crippen molar-refractivity contribution in [3.05, 3.63) is 95.6 Å². The molecule has 0 aromatic heterocycles. The molecule has 0 saturated heterocycles. The molecule has 0 fully saturated rings. The first-order chi connectivity index (χ1) is 14.2. The number of hydrogen-bond acceptors (Lipinski definition) is 4. The third kappa shape index (κ3) is 5.69. The van der Waals surface area contributed by atoms with E-state index in [1.807, 2.05) is 36.4 Å². The predicted molar refractivity (Wildman–Crippen MR) is 112 cm³/mol. The normalized spacial score (nSPS) is 10.2. The molecule has 0 aliphatic heterocycles. The molecule has 3 rings (SSSR count). The summed E-state index contributed by atoms with van der Waals surface area (Å²) in [6.07, 6.45) is 1.81. The molecular weight excluding hydrogens is 366 g/mol. The third-order valence-corrected chi connectivity index (χ3v) is 4.41. The molecule has 0 aliphatic rings. The van der Waals surface area contributed by atoms with Crippen LogP contribution in [0.4, 0.5) is 5.69 Å². The van der Waals surface area contributed by atoms with E-state index in [1.54, 1.807) is 30.3 Å². The van der Waals surface area contributed by atoms with Crippen LogP contribution in [0.2, 0.25) is 0 Å². The van der Waals surface area contributed by atoms with Crippen LogP contribution in [-0.2, 0) is 11.2 Å². The molecule has 0 heterocycles. The summed E-state index contributed by atoms with van der Waals surface area (Å²) in [5, 5.41) is 2.87. The highest BCUT2D eigenvalue weighted by Crippen LogP contribution is 2.24. The zero-order valence-electron chi connectivity index (χ0n) is 16.3. The van der Waals surface area contributed by atoms with E-state index in [0.717, 1.165) is 12.8 Å². The Morgan fingerprint density at radius 2 is 1.48 bits per heavy atom. The van der Waals surface area contributed by atoms with E-state index in [1.165, 1.54) is 12.7 Å². The summed E-state index contributed by atoms with van der Waals surface area (Å²) in [4.78, 5) is 24.1. The second-order valence-electron chi connectivity index (χ2n) is 6.46. The van der Waals surface area contributed by atoms with Gasteiger partial charge in [-0.05, 0) is 54.8 Å². The molecule has 5 nitrogen and oxygen atoms in total. The van der Waals surface area contributed by atoms with Gasteiger partial charge in [-0.1, -0.05) is 42.5 Å². The van der Waals surface area contributed by atoms with E-state index in [0.29, 0.717) is 29.2 Å². The summed E-state index contributed by atoms with van der Waals surface area (Å²) in [6.45, 7) is 0.551. The minimum Gasteiger partial charge on any atom is -0.491 e. The Hall–Kier alpha value is -3.60. The van der Waals surface area contributed by atoms with Crippen molar-refractivity contribution in [2.75, 3.05) is 19.0 Å². The summed E-state index contributed by atoms with van der Waals surface area (Å²) in [7, 11) is 1.32. The van der Waals surface area contributed by atoms with Gasteiger partial charge in [-0.2, -0.15) is 0 Å². The van der Waals surface area contributed by atoms with Crippen molar-refractivity contribution in [2.45, 2.75) is 12.8 Å². The monoisotopic (exact) mass is 389 g/mol. The molecule has 0 unspecified atom stereocenters. The average Bonchev–Trinajstić information content (AvgIpc) is 2.78. The zero-order chi connectivity index (χ0) is 20.5. The number of methoxy groups -OCH3 is 1. The molecule has 29 heavy (non-hydrogen) atoms. The van der Waals surface area contributed by atoms with Crippen molar-refractivity contribution in [1.29, 1.82) is 0 Å². The van der Waals surface area contributed by atoms with E-state index in [4.69, 9.17) is 4.74 Å². The van der Waals surface area contributed by atoms with Crippen LogP contribution in [-0.4, -0.2) is 25.6 Å². The smallest absolute Gasteiger partial charge is 0.337 e. The van der Waals surface area contributed by atoms with Crippen molar-refractivity contribution in [3.63, 3.8) is 0 Å². The summed E-state index contributed by atoms with van der Waals surface area (Å²) in [6, 6.07) is 23.9. The second-order valence-corrected chi connectivity index (χ2v) is 6.46. The second kappa shape index (κ2) is 10.1. The predicted octanol–water partition coefficient (Wildman–Crippen LogP) is 4.74. The molecule has 3 aromatic carbocycles. The van der Waals surface area contributed by atoms with Gasteiger partial charge in [0.1, 0.15) is 5.75 Å². The molecule has 3 aromatic rings. The molecule has 0 saturated carbocycles. The van der Waals surface area contributed by atoms with Crippen LogP contribution >= 0.6 is 0 Å². The number of ether oxygens (including phenoxy) is 2. The molecule has 0 aliphatic carbocycles. The molecule has 148 valence electrons. The lowest BCUT2D eigenvalue weighted by atomic mass is 10.1. The summed E-state index contributed by atoms with van der Waals surface area (Å²) >= 11 is 0. The molecule has 0 spiro atoms. The minimum absolute atomic E-state index is 0.276. The van der Waals surface area contributed by atoms with Gasteiger partial charge >= 0.3 is 5.97 Å². The lowest BCUT2D eigenvalue weighted by molar-refractivity contribution is 0.0600. The van der Waals surface area contributed by atoms with Crippen LogP contribution in [0.25, 0.3) is 0 Å². The number of benzene rings is 3. The first-order valence-corrected chi connectivity index (χ1v) is 9.43. The fourth-order valence-corrected chi connectivity index (χ4v) is 2.87. The first-order valence-electron chi connectivity index (χ1n) is 9.43. The molecule has 0 radical (unpaired) electrons. The fraction of sp³-hybridized carbons (Fsp3) is 0.167. The maximum absolute atomic E-state index is 12.5. The van der Waals surface area contributed by atoms with Crippen LogP contribution in [0.1, 0.15) is 32.7 Å². The van der Waals surface area contributed by atoms with Gasteiger partial charge in [-0.15, -0.1) is 0 Å². The van der Waals surface area contributed by atoms with E-state index in [-0.39, 0.29) is 5.91 Å². The van der Waals surface area contributed by atoms with Crippen LogP contribution < -0.4 is 10.1 Å². The van der Waals surface area contributed by atoms with Crippen molar-refractivity contribution >= 4 is 17.6 Å². The first kappa shape index (κ1) is 20.1. The largest absolute Gasteiger partial charge is 0.491 e. The number of para-hydroxylation sites is 2. The lowest BCUT2D eigenvalue weighted by Gasteiger charge is -2.13. The van der Waals surface area contributed by atoms with Crippen molar-refractivity contribution < 1.29 is 19.1 Å². The minimum atomic E-state index is -0.439. The zero-order valence-corrected chi connectivity index (χ0v) is 16.3. The number of esters is 1. The van der Waals surface area contributed by atoms with E-state index in [9.17, 15) is 9.59 Å². The number of anilines is 1. The van der Waals surface area contributed by atoms with Gasteiger partial charge in [0, 0.05) is 5.56 Å². The molecular formula is C24H23NO4. The summed E-state index contributed by atoms with van der Waals surface area (Å²) < 4.78 is 10.6. The molecule has 1 N–H and O–H groups in total. The average molecular weight is 389 g/mol. The van der Waals surface area contributed by atoms with Crippen LogP contribution in [0, 0.1) is 0 Å². The Kier molecular flexibility index (Phi) is 7.00. The number of amides is 1. The van der Waals surface area contributed by atoms with E-state index < -0.39 is 5.97 Å². The Labute approximate surface area is 170 Å². The van der Waals surface area contributed by atoms with Gasteiger partial charge in [-0.3, -0.25) is 4.79 Å². The van der Waals surface area contributed by atoms with Gasteiger partial charge in [0.2, 0.25) is 0 Å². The Morgan fingerprint density at radius 3 is 2.21 bits per heavy atom. The number of nitrogens with one attached hydrogen (secondary N) is 1. The Balaban J connectivity index is 1.58. The van der Waals surface area contributed by atoms with Crippen LogP contribution in [0.5, 0.6) is 5.75 Å². The van der Waals surface area contributed by atoms with Crippen molar-refractivity contribution in [1.82, 2.24) is 0 Å². The van der Waals surface area contributed by atoms with Gasteiger partial charge in [0.25, 0.3) is 5.91 Å². The molecule has 0 atom stereocenters. The molecule has 1 amide bonds. The fourth-order valence-electron chi connectivity index (χ4n) is 2.87. The molecule has 0 bridgehead atoms. The number of rotatable bonds is 8. The van der Waals surface area contributed by atoms with E-state index in [2.05, 4.69) is 22.2 Å². The standard InChI is InChI=1S/C24H23NO4/c1-28-24(27)20-15-13-19(14-16-20)23(26)25-21-11-5-6-12-22(21)29-17-7-10-18-8-3-2-4-9-18/h2-6,8-9,11-16H,7,10,17H2,1H3,(H,25,26). The number of carbonyl (C=O) groups is 2. The van der Waals surface area contributed by atoms with Crippen molar-refractivity contribution in [2.24, 2.45) is 0 Å². The quantitative estimate of drug-likeness (QED) is 0.447. The topological polar surface area (TPSA) is 64.6 Å². The number of carbonyl (C=O) groups excluding carboxylic acids is 2. The van der Waals surface area contributed by atoms with Crippen LogP contribution in [0.3, 0.4) is 0 Å². The van der Waals surface area contributed by atoms with E-state index >= 15 is 0 Å². The van der Waals surface area contributed by atoms with Gasteiger partial charge in [-0.25, -0.2) is 4.79 Å². The highest BCUT2D eigenvalue weighted by Gasteiger charge is 2.11. The maximum Gasteiger partial charge on any atom is 0.337 e. The summed E-state index contributed by atoms with van der Waals surface area (Å²) in [5.74, 6) is -0.0898. The van der Waals surface area contributed by atoms with Crippen LogP contribution in [0.15, 0.2) is 78.9 Å². The highest BCUT2D eigenvalue weighted by molar-refractivity contribution is 6.05. The van der Waals surface area contributed by atoms with Gasteiger partial charge in [0.05, 0.1) is 25.0 Å². The summed E-state index contributed by atoms with van der Waals surface area (Å²) in [5.41, 5.74) is 2.71. The van der Waals surface area contributed by atoms with Crippen molar-refractivity contribution in [3.8, 4) is 5.75 Å². The lowest BCUT2D eigenvalue weighted by Crippen LogP contribution is -2.13. The number of aryl methyl sites for hydroxylation is 1. The Bertz CT molecular complexity index is 952. The van der Waals surface area contributed by atoms with Gasteiger partial charge in [0.15, 0.2) is 0 Å².